The quantitative estimate of drug-likeness (QED) is 0.575. The van der Waals surface area contributed by atoms with Gasteiger partial charge in [-0.3, -0.25) is 9.59 Å². The fraction of sp³-hybridized carbons (Fsp3) is 0.636. The van der Waals surface area contributed by atoms with E-state index < -0.39 is 5.54 Å². The summed E-state index contributed by atoms with van der Waals surface area (Å²) >= 11 is 0. The Bertz CT molecular complexity index is 825. The molecule has 2 aromatic heterocycles. The van der Waals surface area contributed by atoms with Crippen molar-refractivity contribution in [1.82, 2.24) is 20.4 Å². The second-order valence-corrected chi connectivity index (χ2v) is 8.08. The fourth-order valence-electron chi connectivity index (χ4n) is 4.08. The minimum Gasteiger partial charge on any atom is -0.467 e. The maximum Gasteiger partial charge on any atom is 0.227 e. The first-order valence-electron chi connectivity index (χ1n) is 10.9. The van der Waals surface area contributed by atoms with Gasteiger partial charge in [0.1, 0.15) is 11.3 Å². The zero-order chi connectivity index (χ0) is 22.1. The van der Waals surface area contributed by atoms with E-state index in [0.29, 0.717) is 37.8 Å². The normalized spacial score (nSPS) is 15.9. The first kappa shape index (κ1) is 23.0. The second-order valence-electron chi connectivity index (χ2n) is 8.08. The number of rotatable bonds is 10. The van der Waals surface area contributed by atoms with Crippen LogP contribution < -0.4 is 5.32 Å². The molecule has 0 aromatic carbocycles. The van der Waals surface area contributed by atoms with Gasteiger partial charge >= 0.3 is 0 Å². The number of nitrogens with one attached hydrogen (secondary N) is 1. The average Bonchev–Trinajstić information content (AvgIpc) is 3.38. The Morgan fingerprint density at radius 2 is 2.03 bits per heavy atom. The van der Waals surface area contributed by atoms with Gasteiger partial charge in [0.25, 0.3) is 0 Å². The van der Waals surface area contributed by atoms with E-state index in [2.05, 4.69) is 15.5 Å². The largest absolute Gasteiger partial charge is 0.467 e. The van der Waals surface area contributed by atoms with Crippen LogP contribution >= 0.6 is 0 Å². The number of methoxy groups -OCH3 is 1. The van der Waals surface area contributed by atoms with Crippen molar-refractivity contribution in [2.75, 3.05) is 20.3 Å². The van der Waals surface area contributed by atoms with E-state index in [-0.39, 0.29) is 18.2 Å². The van der Waals surface area contributed by atoms with Gasteiger partial charge in [0, 0.05) is 33.4 Å². The summed E-state index contributed by atoms with van der Waals surface area (Å²) in [5.41, 5.74) is -0.585. The number of hydrogen-bond acceptors (Lipinski definition) is 7. The van der Waals surface area contributed by atoms with Crippen molar-refractivity contribution in [1.29, 1.82) is 0 Å². The molecule has 1 saturated carbocycles. The van der Waals surface area contributed by atoms with Crippen LogP contribution in [0.2, 0.25) is 0 Å². The lowest BCUT2D eigenvalue weighted by Crippen LogP contribution is -2.45. The predicted octanol–water partition coefficient (Wildman–Crippen LogP) is 2.96. The van der Waals surface area contributed by atoms with Gasteiger partial charge in [0.2, 0.25) is 17.7 Å². The van der Waals surface area contributed by atoms with E-state index in [9.17, 15) is 9.59 Å². The zero-order valence-corrected chi connectivity index (χ0v) is 18.4. The highest BCUT2D eigenvalue weighted by molar-refractivity contribution is 5.76. The van der Waals surface area contributed by atoms with E-state index in [1.54, 1.807) is 24.3 Å². The molecule has 1 aliphatic carbocycles. The molecule has 31 heavy (non-hydrogen) atoms. The third-order valence-electron chi connectivity index (χ3n) is 5.67. The average molecular weight is 433 g/mol. The number of carbonyl (C=O) groups excluding carboxylic acids is 2. The molecule has 2 aromatic rings. The Kier molecular flexibility index (Phi) is 8.22. The first-order valence-corrected chi connectivity index (χ1v) is 10.9. The molecule has 9 heteroatoms. The van der Waals surface area contributed by atoms with Crippen molar-refractivity contribution in [3.8, 4) is 0 Å². The maximum atomic E-state index is 12.8. The van der Waals surface area contributed by atoms with E-state index in [4.69, 9.17) is 13.7 Å². The van der Waals surface area contributed by atoms with Gasteiger partial charge in [-0.05, 0) is 25.0 Å². The Morgan fingerprint density at radius 3 is 2.68 bits per heavy atom. The van der Waals surface area contributed by atoms with Crippen LogP contribution in [-0.4, -0.2) is 47.1 Å². The number of hydrogen-bond donors (Lipinski definition) is 1. The smallest absolute Gasteiger partial charge is 0.227 e. The fourth-order valence-corrected chi connectivity index (χ4v) is 4.08. The van der Waals surface area contributed by atoms with Crippen molar-refractivity contribution in [2.24, 2.45) is 0 Å². The number of aromatic nitrogens is 2. The van der Waals surface area contributed by atoms with Crippen molar-refractivity contribution in [2.45, 2.75) is 70.4 Å². The van der Waals surface area contributed by atoms with Gasteiger partial charge < -0.3 is 23.9 Å². The molecule has 1 fully saturated rings. The lowest BCUT2D eigenvalue weighted by Gasteiger charge is -2.30. The minimum atomic E-state index is -0.585. The van der Waals surface area contributed by atoms with E-state index in [1.807, 2.05) is 6.07 Å². The van der Waals surface area contributed by atoms with E-state index in [1.165, 1.54) is 6.92 Å². The zero-order valence-electron chi connectivity index (χ0n) is 18.4. The molecule has 1 N–H and O–H groups in total. The predicted molar refractivity (Wildman–Crippen MR) is 112 cm³/mol. The summed E-state index contributed by atoms with van der Waals surface area (Å²) in [4.78, 5) is 30.9. The summed E-state index contributed by atoms with van der Waals surface area (Å²) in [6.45, 7) is 2.81. The van der Waals surface area contributed by atoms with E-state index in [0.717, 1.165) is 44.3 Å². The first-order chi connectivity index (χ1) is 15.0. The maximum absolute atomic E-state index is 12.8. The molecule has 0 radical (unpaired) electrons. The third kappa shape index (κ3) is 6.40. The van der Waals surface area contributed by atoms with Crippen LogP contribution in [0.1, 0.15) is 69.3 Å². The molecule has 3 rings (SSSR count). The molecular weight excluding hydrogens is 400 g/mol. The van der Waals surface area contributed by atoms with Gasteiger partial charge in [-0.1, -0.05) is 30.8 Å². The number of nitrogens with zero attached hydrogens (tertiary/aromatic N) is 3. The number of aryl methyl sites for hydroxylation is 1. The van der Waals surface area contributed by atoms with Crippen LogP contribution in [0.25, 0.3) is 0 Å². The lowest BCUT2D eigenvalue weighted by atomic mass is 9.89. The number of amides is 2. The molecule has 0 atom stereocenters. The van der Waals surface area contributed by atoms with Gasteiger partial charge in [-0.25, -0.2) is 0 Å². The molecule has 0 spiro atoms. The SMILES string of the molecule is COCCN(Cc1ccco1)C(=O)CCc1nc(C2(NC(C)=O)CCCCCC2)no1. The summed E-state index contributed by atoms with van der Waals surface area (Å²) in [5, 5.41) is 7.25. The van der Waals surface area contributed by atoms with Crippen molar-refractivity contribution >= 4 is 11.8 Å². The van der Waals surface area contributed by atoms with Crippen LogP contribution in [-0.2, 0) is 32.8 Å². The van der Waals surface area contributed by atoms with Crippen molar-refractivity contribution in [3.05, 3.63) is 35.9 Å². The highest BCUT2D eigenvalue weighted by Crippen LogP contribution is 2.34. The summed E-state index contributed by atoms with van der Waals surface area (Å²) in [5.74, 6) is 1.49. The Morgan fingerprint density at radius 1 is 1.26 bits per heavy atom. The standard InChI is InChI=1S/C22H32N4O5/c1-17(27)24-22(11-5-3-4-6-12-22)21-23-19(31-25-21)9-10-20(28)26(13-15-29-2)16-18-8-7-14-30-18/h7-8,14H,3-6,9-13,15-16H2,1-2H3,(H,24,27). The van der Waals surface area contributed by atoms with Crippen molar-refractivity contribution < 1.29 is 23.3 Å². The Hall–Kier alpha value is -2.68. The molecule has 1 aliphatic rings. The summed E-state index contributed by atoms with van der Waals surface area (Å²) in [7, 11) is 1.61. The molecule has 9 nitrogen and oxygen atoms in total. The second kappa shape index (κ2) is 11.1. The molecule has 170 valence electrons. The lowest BCUT2D eigenvalue weighted by molar-refractivity contribution is -0.132. The number of furan rings is 1. The van der Waals surface area contributed by atoms with Crippen LogP contribution in [0.15, 0.2) is 27.3 Å². The molecule has 2 heterocycles. The van der Waals surface area contributed by atoms with Gasteiger partial charge in [-0.2, -0.15) is 4.98 Å². The molecule has 0 unspecified atom stereocenters. The third-order valence-corrected chi connectivity index (χ3v) is 5.67. The number of carbonyl (C=O) groups is 2. The highest BCUT2D eigenvalue weighted by Gasteiger charge is 2.38. The Balaban J connectivity index is 1.64. The summed E-state index contributed by atoms with van der Waals surface area (Å²) in [6.07, 6.45) is 8.02. The van der Waals surface area contributed by atoms with Crippen LogP contribution in [0.5, 0.6) is 0 Å². The minimum absolute atomic E-state index is 0.0424. The topological polar surface area (TPSA) is 111 Å². The van der Waals surface area contributed by atoms with Crippen LogP contribution in [0, 0.1) is 0 Å². The monoisotopic (exact) mass is 432 g/mol. The van der Waals surface area contributed by atoms with E-state index >= 15 is 0 Å². The summed E-state index contributed by atoms with van der Waals surface area (Å²) in [6, 6.07) is 3.64. The van der Waals surface area contributed by atoms with Crippen LogP contribution in [0.4, 0.5) is 0 Å². The van der Waals surface area contributed by atoms with Crippen LogP contribution in [0.3, 0.4) is 0 Å². The molecule has 0 bridgehead atoms. The molecule has 0 saturated heterocycles. The highest BCUT2D eigenvalue weighted by atomic mass is 16.5. The molecular formula is C22H32N4O5. The van der Waals surface area contributed by atoms with Crippen molar-refractivity contribution in [3.63, 3.8) is 0 Å². The van der Waals surface area contributed by atoms with Gasteiger partial charge in [-0.15, -0.1) is 0 Å². The van der Waals surface area contributed by atoms with Gasteiger partial charge in [0.15, 0.2) is 5.82 Å². The molecule has 2 amide bonds. The summed E-state index contributed by atoms with van der Waals surface area (Å²) < 4.78 is 16.0. The molecule has 0 aliphatic heterocycles. The Labute approximate surface area is 182 Å². The number of ether oxygens (including phenoxy) is 1. The van der Waals surface area contributed by atoms with Gasteiger partial charge in [0.05, 0.1) is 19.4 Å².